The minimum Gasteiger partial charge on any atom is -0.379 e. The molecule has 2 aliphatic rings. The Morgan fingerprint density at radius 2 is 1.78 bits per heavy atom. The van der Waals surface area contributed by atoms with Gasteiger partial charge in [-0.05, 0) is 43.0 Å². The second-order valence-corrected chi connectivity index (χ2v) is 10.4. The number of nitrogens with two attached hydrogens (primary N) is 1. The van der Waals surface area contributed by atoms with Crippen molar-refractivity contribution in [1.82, 2.24) is 14.3 Å². The first kappa shape index (κ1) is 21.3. The molecule has 1 aromatic heterocycles. The molecule has 2 aromatic carbocycles. The highest BCUT2D eigenvalue weighted by atomic mass is 35.5. The summed E-state index contributed by atoms with van der Waals surface area (Å²) < 4.78 is 33.5. The van der Waals surface area contributed by atoms with Crippen molar-refractivity contribution in [1.29, 1.82) is 0 Å². The number of anilines is 1. The number of halogens is 1. The summed E-state index contributed by atoms with van der Waals surface area (Å²) in [7, 11) is -3.76. The molecule has 32 heavy (non-hydrogen) atoms. The largest absolute Gasteiger partial charge is 0.379 e. The molecule has 1 aliphatic carbocycles. The monoisotopic (exact) mass is 470 g/mol. The predicted octanol–water partition coefficient (Wildman–Crippen LogP) is 3.47. The lowest BCUT2D eigenvalue weighted by Gasteiger charge is -2.28. The van der Waals surface area contributed by atoms with Gasteiger partial charge in [-0.2, -0.15) is 4.31 Å². The molecule has 0 atom stereocenters. The van der Waals surface area contributed by atoms with Crippen LogP contribution in [0.1, 0.15) is 16.8 Å². The maximum atomic E-state index is 13.4. The van der Waals surface area contributed by atoms with Gasteiger partial charge < -0.3 is 10.5 Å². The summed E-state index contributed by atoms with van der Waals surface area (Å²) >= 11 is 6.50. The van der Waals surface area contributed by atoms with E-state index in [-0.39, 0.29) is 15.9 Å². The first-order valence-corrected chi connectivity index (χ1v) is 12.3. The molecule has 0 bridgehead atoms. The molecule has 0 radical (unpaired) electrons. The van der Waals surface area contributed by atoms with Gasteiger partial charge in [0.2, 0.25) is 16.0 Å². The number of ether oxygens (including phenoxy) is 1. The number of nitrogen functional groups attached to an aromatic ring is 1. The topological polar surface area (TPSA) is 98.4 Å². The van der Waals surface area contributed by atoms with Crippen molar-refractivity contribution in [2.24, 2.45) is 0 Å². The van der Waals surface area contributed by atoms with E-state index in [1.807, 2.05) is 31.2 Å². The van der Waals surface area contributed by atoms with E-state index in [1.54, 1.807) is 12.1 Å². The molecule has 166 valence electrons. The molecule has 0 saturated carbocycles. The number of benzene rings is 2. The van der Waals surface area contributed by atoms with E-state index >= 15 is 0 Å². The second-order valence-electron chi connectivity index (χ2n) is 8.07. The summed E-state index contributed by atoms with van der Waals surface area (Å²) in [4.78, 5) is 9.12. The van der Waals surface area contributed by atoms with E-state index in [0.717, 1.165) is 33.5 Å². The average molecular weight is 471 g/mol. The van der Waals surface area contributed by atoms with Gasteiger partial charge in [-0.3, -0.25) is 0 Å². The third-order valence-corrected chi connectivity index (χ3v) is 8.34. The summed E-state index contributed by atoms with van der Waals surface area (Å²) in [6, 6.07) is 11.5. The maximum Gasteiger partial charge on any atom is 0.244 e. The van der Waals surface area contributed by atoms with Gasteiger partial charge in [0.15, 0.2) is 0 Å². The van der Waals surface area contributed by atoms with Crippen LogP contribution in [0.4, 0.5) is 5.95 Å². The lowest BCUT2D eigenvalue weighted by Crippen LogP contribution is -2.40. The van der Waals surface area contributed by atoms with Gasteiger partial charge in [-0.15, -0.1) is 0 Å². The molecule has 1 aliphatic heterocycles. The van der Waals surface area contributed by atoms with Crippen LogP contribution in [-0.4, -0.2) is 49.0 Å². The predicted molar refractivity (Wildman–Crippen MR) is 124 cm³/mol. The number of rotatable bonds is 3. The summed E-state index contributed by atoms with van der Waals surface area (Å²) in [5.74, 6) is 0.206. The fourth-order valence-electron chi connectivity index (χ4n) is 4.32. The van der Waals surface area contributed by atoms with Crippen molar-refractivity contribution in [2.45, 2.75) is 24.7 Å². The number of fused-ring (bicyclic) bond motifs is 3. The molecular weight excluding hydrogens is 448 g/mol. The SMILES string of the molecule is Cc1ccc(-c2nc(N)nc3c2-c2cc(S(=O)(=O)N4CCOCC4)c(Cl)cc2CC3)cc1. The Bertz CT molecular complexity index is 1300. The van der Waals surface area contributed by atoms with Crippen molar-refractivity contribution in [3.8, 4) is 22.4 Å². The van der Waals surface area contributed by atoms with E-state index in [2.05, 4.69) is 9.97 Å². The molecule has 2 heterocycles. The Kier molecular flexibility index (Phi) is 5.41. The van der Waals surface area contributed by atoms with Gasteiger partial charge >= 0.3 is 0 Å². The fraction of sp³-hybridized carbons (Fsp3) is 0.304. The smallest absolute Gasteiger partial charge is 0.244 e. The van der Waals surface area contributed by atoms with Crippen LogP contribution in [-0.2, 0) is 27.6 Å². The third kappa shape index (κ3) is 3.67. The van der Waals surface area contributed by atoms with Crippen molar-refractivity contribution < 1.29 is 13.2 Å². The third-order valence-electron chi connectivity index (χ3n) is 5.97. The molecule has 0 amide bonds. The number of hydrogen-bond acceptors (Lipinski definition) is 6. The van der Waals surface area contributed by atoms with E-state index < -0.39 is 10.0 Å². The normalized spacial score (nSPS) is 16.4. The molecule has 1 saturated heterocycles. The Morgan fingerprint density at radius 3 is 2.50 bits per heavy atom. The van der Waals surface area contributed by atoms with Crippen molar-refractivity contribution in [3.63, 3.8) is 0 Å². The number of aromatic nitrogens is 2. The lowest BCUT2D eigenvalue weighted by molar-refractivity contribution is 0.0730. The van der Waals surface area contributed by atoms with Gasteiger partial charge in [-0.25, -0.2) is 18.4 Å². The van der Waals surface area contributed by atoms with Crippen LogP contribution < -0.4 is 5.73 Å². The minimum atomic E-state index is -3.76. The van der Waals surface area contributed by atoms with Gasteiger partial charge in [0, 0.05) is 24.2 Å². The Balaban J connectivity index is 1.71. The van der Waals surface area contributed by atoms with Crippen LogP contribution in [0.2, 0.25) is 5.02 Å². The molecule has 7 nitrogen and oxygen atoms in total. The number of hydrogen-bond donors (Lipinski definition) is 1. The Hall–Kier alpha value is -2.52. The number of aryl methyl sites for hydroxylation is 3. The van der Waals surface area contributed by atoms with Crippen LogP contribution in [0, 0.1) is 6.92 Å². The van der Waals surface area contributed by atoms with Crippen LogP contribution >= 0.6 is 11.6 Å². The lowest BCUT2D eigenvalue weighted by atomic mass is 9.86. The van der Waals surface area contributed by atoms with Crippen molar-refractivity contribution in [3.05, 3.63) is 58.2 Å². The molecule has 1 fully saturated rings. The van der Waals surface area contributed by atoms with Crippen molar-refractivity contribution in [2.75, 3.05) is 32.0 Å². The maximum absolute atomic E-state index is 13.4. The minimum absolute atomic E-state index is 0.0966. The summed E-state index contributed by atoms with van der Waals surface area (Å²) in [5, 5.41) is 0.229. The van der Waals surface area contributed by atoms with Gasteiger partial charge in [0.1, 0.15) is 4.90 Å². The molecule has 9 heteroatoms. The van der Waals surface area contributed by atoms with Gasteiger partial charge in [-0.1, -0.05) is 41.4 Å². The van der Waals surface area contributed by atoms with E-state index in [9.17, 15) is 8.42 Å². The van der Waals surface area contributed by atoms with Crippen LogP contribution in [0.25, 0.3) is 22.4 Å². The standard InChI is InChI=1S/C23H23ClN4O3S/c1-14-2-4-15(5-3-14)22-21-17-13-20(32(29,30)28-8-10-31-11-9-28)18(24)12-16(17)6-7-19(21)26-23(25)27-22/h2-5,12-13H,6-11H2,1H3,(H2,25,26,27). The molecule has 0 spiro atoms. The zero-order valence-electron chi connectivity index (χ0n) is 17.6. The van der Waals surface area contributed by atoms with E-state index in [4.69, 9.17) is 22.1 Å². The van der Waals surface area contributed by atoms with Gasteiger partial charge in [0.25, 0.3) is 0 Å². The molecular formula is C23H23ClN4O3S. The number of sulfonamides is 1. The summed E-state index contributed by atoms with van der Waals surface area (Å²) in [6.07, 6.45) is 1.38. The Labute approximate surface area is 192 Å². The highest BCUT2D eigenvalue weighted by molar-refractivity contribution is 7.89. The summed E-state index contributed by atoms with van der Waals surface area (Å²) in [5.41, 5.74) is 12.2. The van der Waals surface area contributed by atoms with Crippen LogP contribution in [0.5, 0.6) is 0 Å². The van der Waals surface area contributed by atoms with Gasteiger partial charge in [0.05, 0.1) is 29.6 Å². The Morgan fingerprint density at radius 1 is 1.06 bits per heavy atom. The first-order valence-electron chi connectivity index (χ1n) is 10.5. The highest BCUT2D eigenvalue weighted by Gasteiger charge is 2.31. The average Bonchev–Trinajstić information content (AvgIpc) is 2.79. The molecule has 5 rings (SSSR count). The molecule has 2 N–H and O–H groups in total. The van der Waals surface area contributed by atoms with Crippen LogP contribution in [0.3, 0.4) is 0 Å². The van der Waals surface area contributed by atoms with Crippen LogP contribution in [0.15, 0.2) is 41.3 Å². The number of nitrogens with zero attached hydrogens (tertiary/aromatic N) is 3. The second kappa shape index (κ2) is 8.12. The quantitative estimate of drug-likeness (QED) is 0.629. The number of morpholine rings is 1. The van der Waals surface area contributed by atoms with E-state index in [0.29, 0.717) is 44.8 Å². The zero-order chi connectivity index (χ0) is 22.5. The highest BCUT2D eigenvalue weighted by Crippen LogP contribution is 2.42. The first-order chi connectivity index (χ1) is 15.3. The van der Waals surface area contributed by atoms with Crippen molar-refractivity contribution >= 4 is 27.6 Å². The summed E-state index contributed by atoms with van der Waals surface area (Å²) in [6.45, 7) is 3.37. The van der Waals surface area contributed by atoms with E-state index in [1.165, 1.54) is 4.31 Å². The zero-order valence-corrected chi connectivity index (χ0v) is 19.2. The molecule has 3 aromatic rings. The fourth-order valence-corrected chi connectivity index (χ4v) is 6.28. The molecule has 0 unspecified atom stereocenters.